The molecule has 0 bridgehead atoms. The first-order chi connectivity index (χ1) is 9.15. The quantitative estimate of drug-likeness (QED) is 0.405. The number of ether oxygens (including phenoxy) is 3. The van der Waals surface area contributed by atoms with Crippen molar-refractivity contribution in [3.8, 4) is 5.75 Å². The lowest BCUT2D eigenvalue weighted by atomic mass is 10.1. The van der Waals surface area contributed by atoms with Crippen LogP contribution in [0.4, 0.5) is 0 Å². The first kappa shape index (κ1) is 15.5. The average Bonchev–Trinajstić information content (AvgIpc) is 2.39. The lowest BCUT2D eigenvalue weighted by molar-refractivity contribution is 0.0644. The number of hydrogen-bond acceptors (Lipinski definition) is 4. The molecular formula is C14H22N2O3. The van der Waals surface area contributed by atoms with Gasteiger partial charge >= 0.3 is 0 Å². The molecule has 0 saturated carbocycles. The zero-order valence-corrected chi connectivity index (χ0v) is 11.6. The third kappa shape index (κ3) is 5.72. The van der Waals surface area contributed by atoms with Gasteiger partial charge in [0.1, 0.15) is 11.6 Å². The summed E-state index contributed by atoms with van der Waals surface area (Å²) >= 11 is 0. The Kier molecular flexibility index (Phi) is 6.92. The van der Waals surface area contributed by atoms with Crippen molar-refractivity contribution in [2.75, 3.05) is 33.5 Å². The van der Waals surface area contributed by atoms with Crippen LogP contribution in [0.2, 0.25) is 0 Å². The topological polar surface area (TPSA) is 77.6 Å². The Morgan fingerprint density at radius 2 is 2.00 bits per heavy atom. The minimum absolute atomic E-state index is 0.0488. The molecule has 0 spiro atoms. The highest BCUT2D eigenvalue weighted by Crippen LogP contribution is 2.19. The fourth-order valence-electron chi connectivity index (χ4n) is 1.51. The van der Waals surface area contributed by atoms with E-state index in [0.717, 1.165) is 17.7 Å². The second kappa shape index (κ2) is 8.50. The fraction of sp³-hybridized carbons (Fsp3) is 0.500. The molecule has 0 aliphatic rings. The summed E-state index contributed by atoms with van der Waals surface area (Å²) in [6, 6.07) is 5.52. The van der Waals surface area contributed by atoms with E-state index < -0.39 is 0 Å². The van der Waals surface area contributed by atoms with Gasteiger partial charge in [0.25, 0.3) is 0 Å². The summed E-state index contributed by atoms with van der Waals surface area (Å²) in [5, 5.41) is 7.40. The Hall–Kier alpha value is -1.59. The van der Waals surface area contributed by atoms with E-state index in [4.69, 9.17) is 25.4 Å². The van der Waals surface area contributed by atoms with E-state index in [1.54, 1.807) is 13.2 Å². The Labute approximate surface area is 114 Å². The van der Waals surface area contributed by atoms with Crippen LogP contribution in [0.3, 0.4) is 0 Å². The van der Waals surface area contributed by atoms with Crippen LogP contribution in [0.15, 0.2) is 18.2 Å². The van der Waals surface area contributed by atoms with E-state index >= 15 is 0 Å². The third-order valence-corrected chi connectivity index (χ3v) is 2.62. The van der Waals surface area contributed by atoms with Crippen molar-refractivity contribution in [2.45, 2.75) is 13.3 Å². The van der Waals surface area contributed by atoms with Gasteiger partial charge in [-0.15, -0.1) is 0 Å². The number of methoxy groups -OCH3 is 1. The monoisotopic (exact) mass is 266 g/mol. The number of benzene rings is 1. The normalized spacial score (nSPS) is 10.4. The highest BCUT2D eigenvalue weighted by molar-refractivity contribution is 5.95. The highest BCUT2D eigenvalue weighted by Gasteiger charge is 2.03. The van der Waals surface area contributed by atoms with Crippen molar-refractivity contribution in [3.63, 3.8) is 0 Å². The van der Waals surface area contributed by atoms with E-state index in [1.165, 1.54) is 0 Å². The molecule has 19 heavy (non-hydrogen) atoms. The van der Waals surface area contributed by atoms with Crippen molar-refractivity contribution in [2.24, 2.45) is 5.73 Å². The lowest BCUT2D eigenvalue weighted by Gasteiger charge is -2.10. The molecule has 3 N–H and O–H groups in total. The van der Waals surface area contributed by atoms with Crippen LogP contribution in [-0.2, 0) is 9.47 Å². The molecule has 1 aromatic rings. The number of nitrogen functional groups attached to an aromatic ring is 1. The summed E-state index contributed by atoms with van der Waals surface area (Å²) in [5.41, 5.74) is 7.16. The fourth-order valence-corrected chi connectivity index (χ4v) is 1.51. The van der Waals surface area contributed by atoms with Crippen molar-refractivity contribution < 1.29 is 14.2 Å². The summed E-state index contributed by atoms with van der Waals surface area (Å²) in [5.74, 6) is 0.817. The van der Waals surface area contributed by atoms with Gasteiger partial charge in [-0.1, -0.05) is 12.1 Å². The molecule has 0 unspecified atom stereocenters. The van der Waals surface area contributed by atoms with Gasteiger partial charge in [0.05, 0.1) is 19.8 Å². The summed E-state index contributed by atoms with van der Waals surface area (Å²) in [4.78, 5) is 0. The number of aryl methyl sites for hydroxylation is 1. The van der Waals surface area contributed by atoms with E-state index in [2.05, 4.69) is 0 Å². The zero-order valence-electron chi connectivity index (χ0n) is 11.6. The van der Waals surface area contributed by atoms with Crippen LogP contribution in [0.1, 0.15) is 17.5 Å². The molecule has 5 nitrogen and oxygen atoms in total. The van der Waals surface area contributed by atoms with Crippen LogP contribution in [0.5, 0.6) is 5.75 Å². The average molecular weight is 266 g/mol. The van der Waals surface area contributed by atoms with Crippen LogP contribution >= 0.6 is 0 Å². The van der Waals surface area contributed by atoms with Crippen LogP contribution in [0.25, 0.3) is 0 Å². The van der Waals surface area contributed by atoms with E-state index in [9.17, 15) is 0 Å². The second-order valence-electron chi connectivity index (χ2n) is 4.20. The maximum absolute atomic E-state index is 7.40. The van der Waals surface area contributed by atoms with E-state index in [1.807, 2.05) is 19.1 Å². The molecule has 0 heterocycles. The Balaban J connectivity index is 2.32. The van der Waals surface area contributed by atoms with Gasteiger partial charge in [-0.25, -0.2) is 0 Å². The molecule has 0 amide bonds. The van der Waals surface area contributed by atoms with Gasteiger partial charge in [0.15, 0.2) is 0 Å². The molecular weight excluding hydrogens is 244 g/mol. The molecule has 0 saturated heterocycles. The van der Waals surface area contributed by atoms with E-state index in [-0.39, 0.29) is 5.84 Å². The summed E-state index contributed by atoms with van der Waals surface area (Å²) in [6.45, 7) is 4.41. The molecule has 0 fully saturated rings. The number of rotatable bonds is 9. The van der Waals surface area contributed by atoms with Gasteiger partial charge in [0.2, 0.25) is 0 Å². The van der Waals surface area contributed by atoms with Crippen molar-refractivity contribution in [1.82, 2.24) is 0 Å². The second-order valence-corrected chi connectivity index (χ2v) is 4.20. The molecule has 1 aromatic carbocycles. The molecule has 0 radical (unpaired) electrons. The maximum Gasteiger partial charge on any atom is 0.122 e. The van der Waals surface area contributed by atoms with E-state index in [0.29, 0.717) is 32.0 Å². The Morgan fingerprint density at radius 3 is 2.68 bits per heavy atom. The van der Waals surface area contributed by atoms with Crippen LogP contribution < -0.4 is 10.5 Å². The predicted molar refractivity (Wildman–Crippen MR) is 75.0 cm³/mol. The first-order valence-corrected chi connectivity index (χ1v) is 6.29. The van der Waals surface area contributed by atoms with Gasteiger partial charge in [-0.3, -0.25) is 5.41 Å². The lowest BCUT2D eigenvalue weighted by Crippen LogP contribution is -2.12. The minimum atomic E-state index is 0.0488. The number of amidine groups is 1. The van der Waals surface area contributed by atoms with Crippen molar-refractivity contribution in [3.05, 3.63) is 29.3 Å². The summed E-state index contributed by atoms with van der Waals surface area (Å²) in [6.07, 6.45) is 0.813. The standard InChI is InChI=1S/C14H22N2O3/c1-11-4-5-12(14(15)16)10-13(11)19-7-3-6-18-9-8-17-2/h4-5,10H,3,6-9H2,1-2H3,(H3,15,16). The highest BCUT2D eigenvalue weighted by atomic mass is 16.5. The van der Waals surface area contributed by atoms with Crippen molar-refractivity contribution in [1.29, 1.82) is 5.41 Å². The summed E-state index contributed by atoms with van der Waals surface area (Å²) < 4.78 is 15.9. The number of nitrogens with one attached hydrogen (secondary N) is 1. The first-order valence-electron chi connectivity index (χ1n) is 6.29. The Bertz CT molecular complexity index is 408. The molecule has 0 atom stereocenters. The minimum Gasteiger partial charge on any atom is -0.493 e. The largest absolute Gasteiger partial charge is 0.493 e. The van der Waals surface area contributed by atoms with Crippen LogP contribution in [0, 0.1) is 12.3 Å². The number of hydrogen-bond donors (Lipinski definition) is 2. The molecule has 0 aliphatic heterocycles. The van der Waals surface area contributed by atoms with Crippen molar-refractivity contribution >= 4 is 5.84 Å². The summed E-state index contributed by atoms with van der Waals surface area (Å²) in [7, 11) is 1.65. The zero-order chi connectivity index (χ0) is 14.1. The molecule has 106 valence electrons. The Morgan fingerprint density at radius 1 is 1.21 bits per heavy atom. The SMILES string of the molecule is COCCOCCCOc1cc(C(=N)N)ccc1C. The molecule has 1 rings (SSSR count). The van der Waals surface area contributed by atoms with Gasteiger partial charge in [0, 0.05) is 25.7 Å². The van der Waals surface area contributed by atoms with Gasteiger partial charge in [-0.05, 0) is 18.6 Å². The van der Waals surface area contributed by atoms with Gasteiger partial charge < -0.3 is 19.9 Å². The smallest absolute Gasteiger partial charge is 0.122 e. The maximum atomic E-state index is 7.40. The van der Waals surface area contributed by atoms with Gasteiger partial charge in [-0.2, -0.15) is 0 Å². The van der Waals surface area contributed by atoms with Crippen LogP contribution in [-0.4, -0.2) is 39.4 Å². The molecule has 0 aliphatic carbocycles. The molecule has 5 heteroatoms. The third-order valence-electron chi connectivity index (χ3n) is 2.62. The number of nitrogens with two attached hydrogens (primary N) is 1. The molecule has 0 aromatic heterocycles. The predicted octanol–water partition coefficient (Wildman–Crippen LogP) is 1.71.